The Morgan fingerprint density at radius 1 is 0.647 bits per heavy atom. The van der Waals surface area contributed by atoms with Gasteiger partial charge < -0.3 is 0 Å². The van der Waals surface area contributed by atoms with Crippen LogP contribution in [-0.2, 0) is 64.9 Å². The molecule has 0 saturated carbocycles. The summed E-state index contributed by atoms with van der Waals surface area (Å²) in [5.41, 5.74) is 3.24. The third kappa shape index (κ3) is 7.20. The van der Waals surface area contributed by atoms with Gasteiger partial charge in [0.05, 0.1) is 0 Å². The third-order valence-electron chi connectivity index (χ3n) is 6.01. The molecule has 0 spiro atoms. The molecule has 1 aliphatic heterocycles. The molecule has 0 amide bonds. The van der Waals surface area contributed by atoms with Crippen LogP contribution >= 0.6 is 0 Å². The normalized spacial score (nSPS) is 24.7. The van der Waals surface area contributed by atoms with Crippen molar-refractivity contribution in [2.24, 2.45) is 0 Å². The Kier molecular flexibility index (Phi) is 10.1. The van der Waals surface area contributed by atoms with E-state index in [1.165, 1.54) is 0 Å². The van der Waals surface area contributed by atoms with Crippen molar-refractivity contribution in [3.63, 3.8) is 0 Å². The standard InChI is InChI=1S/C28H31O5.Hg/c1-21-26(29)28(32-19-24-15-9-4-10-16-24)27(31-18-23-13-7-3-8-14-23)25(33-21)20-30-17-22-11-5-2-6-12-22;/h2-16,21,25-29H,1,17-20H2;/t21-,25-,26+,27-,28-;/m1./s1. The van der Waals surface area contributed by atoms with E-state index >= 15 is 0 Å². The van der Waals surface area contributed by atoms with Gasteiger partial charge in [-0.1, -0.05) is 0 Å². The summed E-state index contributed by atoms with van der Waals surface area (Å²) in [6.07, 6.45) is -2.29. The first kappa shape index (κ1) is 25.5. The number of aliphatic hydroxyl groups excluding tert-OH is 1. The summed E-state index contributed by atoms with van der Waals surface area (Å²) in [5.74, 6) is 0. The van der Waals surface area contributed by atoms with Crippen LogP contribution in [0.15, 0.2) is 91.0 Å². The second-order valence-corrected chi connectivity index (χ2v) is 10.8. The van der Waals surface area contributed by atoms with Crippen molar-refractivity contribution in [1.29, 1.82) is 0 Å². The predicted molar refractivity (Wildman–Crippen MR) is 126 cm³/mol. The molecule has 1 fully saturated rings. The second-order valence-electron chi connectivity index (χ2n) is 8.52. The summed E-state index contributed by atoms with van der Waals surface area (Å²) < 4.78 is 26.0. The van der Waals surface area contributed by atoms with Gasteiger partial charge in [-0.3, -0.25) is 0 Å². The molecule has 0 aromatic heterocycles. The van der Waals surface area contributed by atoms with Gasteiger partial charge in [0.25, 0.3) is 0 Å². The molecule has 1 aliphatic rings. The molecule has 175 valence electrons. The Morgan fingerprint density at radius 2 is 1.12 bits per heavy atom. The number of benzene rings is 3. The monoisotopic (exact) mass is 649 g/mol. The number of hydrogen-bond acceptors (Lipinski definition) is 5. The number of ether oxygens (including phenoxy) is 4. The molecule has 4 rings (SSSR count). The number of hydrogen-bond donors (Lipinski definition) is 1. The van der Waals surface area contributed by atoms with E-state index in [0.717, 1.165) is 20.6 Å². The Morgan fingerprint density at radius 3 is 1.62 bits per heavy atom. The van der Waals surface area contributed by atoms with Gasteiger partial charge >= 0.3 is 219 Å². The molecule has 0 aliphatic carbocycles. The molecule has 1 N–H and O–H groups in total. The van der Waals surface area contributed by atoms with Gasteiger partial charge in [0, 0.05) is 0 Å². The van der Waals surface area contributed by atoms with E-state index in [9.17, 15) is 5.11 Å². The van der Waals surface area contributed by atoms with Gasteiger partial charge in [-0.25, -0.2) is 0 Å². The first-order chi connectivity index (χ1) is 16.7. The van der Waals surface area contributed by atoms with Crippen LogP contribution in [0.25, 0.3) is 0 Å². The molecular weight excluding hydrogens is 617 g/mol. The van der Waals surface area contributed by atoms with Gasteiger partial charge in [-0.2, -0.15) is 0 Å². The molecule has 0 unspecified atom stereocenters. The van der Waals surface area contributed by atoms with Crippen LogP contribution in [0.3, 0.4) is 0 Å². The van der Waals surface area contributed by atoms with Crippen molar-refractivity contribution in [3.8, 4) is 0 Å². The van der Waals surface area contributed by atoms with Crippen molar-refractivity contribution in [1.82, 2.24) is 0 Å². The van der Waals surface area contributed by atoms with Crippen LogP contribution in [0.2, 0.25) is 3.93 Å². The van der Waals surface area contributed by atoms with Crippen LogP contribution in [0.5, 0.6) is 0 Å². The van der Waals surface area contributed by atoms with Crippen LogP contribution in [0, 0.1) is 0 Å². The summed E-state index contributed by atoms with van der Waals surface area (Å²) in [5, 5.41) is 11.2. The first-order valence-electron chi connectivity index (χ1n) is 11.8. The first-order valence-corrected chi connectivity index (χ1v) is 15.7. The molecular formula is C28H31HgO5. The summed E-state index contributed by atoms with van der Waals surface area (Å²) in [4.78, 5) is 0. The van der Waals surface area contributed by atoms with Crippen molar-refractivity contribution >= 4 is 0 Å². The van der Waals surface area contributed by atoms with E-state index in [-0.39, 0.29) is 12.2 Å². The van der Waals surface area contributed by atoms with Crippen LogP contribution in [0.1, 0.15) is 16.7 Å². The van der Waals surface area contributed by atoms with E-state index in [4.69, 9.17) is 18.9 Å². The topological polar surface area (TPSA) is 57.2 Å². The fourth-order valence-electron chi connectivity index (χ4n) is 4.17. The van der Waals surface area contributed by atoms with E-state index in [1.54, 1.807) is 0 Å². The van der Waals surface area contributed by atoms with Crippen molar-refractivity contribution in [2.75, 3.05) is 6.61 Å². The fraction of sp³-hybridized carbons (Fsp3) is 0.357. The van der Waals surface area contributed by atoms with Crippen LogP contribution in [-0.4, -0.2) is 42.2 Å². The van der Waals surface area contributed by atoms with Crippen molar-refractivity contribution in [3.05, 3.63) is 108 Å². The zero-order valence-corrected chi connectivity index (χ0v) is 24.9. The minimum absolute atomic E-state index is 0.258. The quantitative estimate of drug-likeness (QED) is 0.312. The maximum atomic E-state index is 11.2. The molecule has 5 nitrogen and oxygen atoms in total. The van der Waals surface area contributed by atoms with E-state index in [2.05, 4.69) is 0 Å². The number of aliphatic hydroxyl groups is 1. The Bertz CT molecular complexity index is 956. The van der Waals surface area contributed by atoms with Gasteiger partial charge in [-0.05, 0) is 0 Å². The van der Waals surface area contributed by atoms with Gasteiger partial charge in [0.2, 0.25) is 0 Å². The average molecular weight is 648 g/mol. The van der Waals surface area contributed by atoms with E-state index in [1.807, 2.05) is 91.0 Å². The molecule has 1 heterocycles. The summed E-state index contributed by atoms with van der Waals surface area (Å²) in [6.45, 7) is 1.69. The molecule has 34 heavy (non-hydrogen) atoms. The van der Waals surface area contributed by atoms with Gasteiger partial charge in [-0.15, -0.1) is 0 Å². The second kappa shape index (κ2) is 13.5. The maximum absolute atomic E-state index is 11.2. The van der Waals surface area contributed by atoms with Crippen molar-refractivity contribution < 1.29 is 50.2 Å². The molecule has 0 radical (unpaired) electrons. The molecule has 6 heteroatoms. The van der Waals surface area contributed by atoms with Gasteiger partial charge in [0.1, 0.15) is 0 Å². The van der Waals surface area contributed by atoms with Crippen molar-refractivity contribution in [2.45, 2.75) is 54.3 Å². The molecule has 3 aromatic carbocycles. The zero-order valence-electron chi connectivity index (χ0n) is 19.4. The average Bonchev–Trinajstić information content (AvgIpc) is 2.89. The van der Waals surface area contributed by atoms with Gasteiger partial charge in [0.15, 0.2) is 0 Å². The third-order valence-corrected chi connectivity index (χ3v) is 8.22. The number of rotatable bonds is 11. The van der Waals surface area contributed by atoms with Crippen LogP contribution < -0.4 is 0 Å². The fourth-order valence-corrected chi connectivity index (χ4v) is 6.03. The Hall–Kier alpha value is -1.60. The Labute approximate surface area is 218 Å². The summed E-state index contributed by atoms with van der Waals surface area (Å²) in [7, 11) is 0. The molecule has 1 saturated heterocycles. The zero-order chi connectivity index (χ0) is 23.6. The minimum atomic E-state index is -0.743. The molecule has 0 bridgehead atoms. The summed E-state index contributed by atoms with van der Waals surface area (Å²) >= 11 is 0.483. The predicted octanol–water partition coefficient (Wildman–Crippen LogP) is 4.47. The molecule has 5 atom stereocenters. The molecule has 3 aromatic rings. The SMILES string of the molecule is O[C@@H]1[C@@H](OCc2ccccc2)[C@H](OCc2ccccc2)[C@@H](COCc2ccccc2)O[C@@H]1[CH2][Hg]. The Balaban J connectivity index is 1.48. The van der Waals surface area contributed by atoms with Crippen LogP contribution in [0.4, 0.5) is 0 Å². The van der Waals surface area contributed by atoms with E-state index in [0.29, 0.717) is 52.5 Å². The summed E-state index contributed by atoms with van der Waals surface area (Å²) in [6, 6.07) is 30.2. The van der Waals surface area contributed by atoms with E-state index < -0.39 is 18.3 Å².